The van der Waals surface area contributed by atoms with Crippen molar-refractivity contribution in [2.24, 2.45) is 0 Å². The third-order valence-electron chi connectivity index (χ3n) is 4.30. The molecular weight excluding hydrogens is 406 g/mol. The predicted molar refractivity (Wildman–Crippen MR) is 109 cm³/mol. The van der Waals surface area contributed by atoms with Crippen LogP contribution in [0.1, 0.15) is 5.56 Å². The number of carboxylic acids is 1. The minimum atomic E-state index is -4.08. The van der Waals surface area contributed by atoms with Crippen molar-refractivity contribution in [1.82, 2.24) is 4.72 Å². The van der Waals surface area contributed by atoms with E-state index in [0.717, 1.165) is 0 Å². The van der Waals surface area contributed by atoms with E-state index in [4.69, 9.17) is 9.47 Å². The van der Waals surface area contributed by atoms with E-state index in [1.807, 2.05) is 0 Å². The first-order valence-corrected chi connectivity index (χ1v) is 10.6. The van der Waals surface area contributed by atoms with Crippen LogP contribution in [0.15, 0.2) is 83.8 Å². The fraction of sp³-hybridized carbons (Fsp3) is 0.136. The number of rotatable bonds is 9. The molecule has 0 heterocycles. The molecule has 1 N–H and O–H groups in total. The molecule has 0 aromatic heterocycles. The number of carbonyl (C=O) groups excluding carboxylic acids is 1. The van der Waals surface area contributed by atoms with Gasteiger partial charge in [-0.25, -0.2) is 13.1 Å². The third-order valence-corrected chi connectivity index (χ3v) is 5.78. The minimum absolute atomic E-state index is 0.0304. The summed E-state index contributed by atoms with van der Waals surface area (Å²) >= 11 is 0. The van der Waals surface area contributed by atoms with Crippen LogP contribution in [0.3, 0.4) is 0 Å². The lowest BCUT2D eigenvalue weighted by atomic mass is 10.1. The Morgan fingerprint density at radius 3 is 2.13 bits per heavy atom. The van der Waals surface area contributed by atoms with Gasteiger partial charge >= 0.3 is 0 Å². The van der Waals surface area contributed by atoms with Crippen LogP contribution < -0.4 is 19.3 Å². The van der Waals surface area contributed by atoms with Crippen molar-refractivity contribution in [3.63, 3.8) is 0 Å². The van der Waals surface area contributed by atoms with Crippen LogP contribution in [0.4, 0.5) is 0 Å². The van der Waals surface area contributed by atoms with Crippen LogP contribution in [0.25, 0.3) is 0 Å². The number of methoxy groups -OCH3 is 1. The van der Waals surface area contributed by atoms with Crippen molar-refractivity contribution < 1.29 is 27.8 Å². The number of carboxylic acid groups (broad SMARTS) is 1. The van der Waals surface area contributed by atoms with Gasteiger partial charge in [0.05, 0.1) is 24.0 Å². The summed E-state index contributed by atoms with van der Waals surface area (Å²) < 4.78 is 38.4. The van der Waals surface area contributed by atoms with E-state index in [0.29, 0.717) is 22.8 Å². The normalized spacial score (nSPS) is 12.2. The molecule has 0 fully saturated rings. The monoisotopic (exact) mass is 426 g/mol. The molecule has 1 atom stereocenters. The second-order valence-electron chi connectivity index (χ2n) is 6.41. The number of benzene rings is 3. The van der Waals surface area contributed by atoms with Crippen molar-refractivity contribution in [3.8, 4) is 17.2 Å². The number of carbonyl (C=O) groups is 1. The van der Waals surface area contributed by atoms with Crippen LogP contribution in [-0.4, -0.2) is 27.5 Å². The molecule has 0 spiro atoms. The topological polar surface area (TPSA) is 105 Å². The Morgan fingerprint density at radius 2 is 1.53 bits per heavy atom. The Hall–Kier alpha value is -3.36. The van der Waals surface area contributed by atoms with Gasteiger partial charge in [0, 0.05) is 0 Å². The number of hydrogen-bond donors (Lipinski definition) is 1. The summed E-state index contributed by atoms with van der Waals surface area (Å²) in [7, 11) is -2.56. The number of aliphatic carboxylic acids is 1. The number of hydrogen-bond acceptors (Lipinski definition) is 6. The molecule has 0 aliphatic rings. The van der Waals surface area contributed by atoms with Gasteiger partial charge in [0.1, 0.15) is 5.75 Å². The molecule has 0 unspecified atom stereocenters. The van der Waals surface area contributed by atoms with Gasteiger partial charge in [-0.1, -0.05) is 42.5 Å². The third kappa shape index (κ3) is 5.37. The summed E-state index contributed by atoms with van der Waals surface area (Å²) in [5.74, 6) is -0.0834. The lowest BCUT2D eigenvalue weighted by Gasteiger charge is -2.20. The molecule has 0 amide bonds. The molecule has 0 radical (unpaired) electrons. The van der Waals surface area contributed by atoms with E-state index in [1.165, 1.54) is 31.4 Å². The van der Waals surface area contributed by atoms with Crippen molar-refractivity contribution >= 4 is 16.0 Å². The maximum Gasteiger partial charge on any atom is 0.241 e. The average molecular weight is 426 g/mol. The molecule has 0 aliphatic carbocycles. The fourth-order valence-electron chi connectivity index (χ4n) is 2.80. The van der Waals surface area contributed by atoms with E-state index in [9.17, 15) is 18.3 Å². The first-order valence-electron chi connectivity index (χ1n) is 9.07. The van der Waals surface area contributed by atoms with E-state index in [1.54, 1.807) is 54.6 Å². The largest absolute Gasteiger partial charge is 0.548 e. The molecular formula is C22H20NO6S-. The highest BCUT2D eigenvalue weighted by molar-refractivity contribution is 7.89. The quantitative estimate of drug-likeness (QED) is 0.562. The predicted octanol–water partition coefficient (Wildman–Crippen LogP) is 2.13. The second-order valence-corrected chi connectivity index (χ2v) is 8.12. The van der Waals surface area contributed by atoms with E-state index in [2.05, 4.69) is 4.72 Å². The average Bonchev–Trinajstić information content (AvgIpc) is 2.74. The van der Waals surface area contributed by atoms with Gasteiger partial charge in [0.15, 0.2) is 11.5 Å². The minimum Gasteiger partial charge on any atom is -0.548 e. The van der Waals surface area contributed by atoms with Gasteiger partial charge in [-0.3, -0.25) is 0 Å². The molecule has 30 heavy (non-hydrogen) atoms. The van der Waals surface area contributed by atoms with Crippen LogP contribution in [0.2, 0.25) is 0 Å². The molecule has 156 valence electrons. The maximum absolute atomic E-state index is 12.6. The molecule has 0 saturated heterocycles. The zero-order chi connectivity index (χ0) is 21.6. The number of ether oxygens (including phenoxy) is 2. The summed E-state index contributed by atoms with van der Waals surface area (Å²) in [6.07, 6.45) is -0.0304. The summed E-state index contributed by atoms with van der Waals surface area (Å²) in [6.45, 7) is 0. The van der Waals surface area contributed by atoms with Crippen molar-refractivity contribution in [2.45, 2.75) is 17.4 Å². The first kappa shape index (κ1) is 21.4. The highest BCUT2D eigenvalue weighted by atomic mass is 32.2. The van der Waals surface area contributed by atoms with Gasteiger partial charge in [0.25, 0.3) is 0 Å². The maximum atomic E-state index is 12.6. The Balaban J connectivity index is 1.74. The Kier molecular flexibility index (Phi) is 6.71. The highest BCUT2D eigenvalue weighted by Gasteiger charge is 2.21. The second kappa shape index (κ2) is 9.43. The van der Waals surface area contributed by atoms with Crippen LogP contribution >= 0.6 is 0 Å². The van der Waals surface area contributed by atoms with E-state index < -0.39 is 22.0 Å². The van der Waals surface area contributed by atoms with Gasteiger partial charge in [-0.15, -0.1) is 0 Å². The molecule has 3 aromatic rings. The Morgan fingerprint density at radius 1 is 0.933 bits per heavy atom. The molecule has 0 aliphatic heterocycles. The van der Waals surface area contributed by atoms with Crippen molar-refractivity contribution in [2.75, 3.05) is 7.11 Å². The van der Waals surface area contributed by atoms with E-state index >= 15 is 0 Å². The zero-order valence-electron chi connectivity index (χ0n) is 16.1. The zero-order valence-corrected chi connectivity index (χ0v) is 17.0. The highest BCUT2D eigenvalue weighted by Crippen LogP contribution is 2.31. The van der Waals surface area contributed by atoms with Crippen LogP contribution in [0, 0.1) is 0 Å². The molecule has 8 heteroatoms. The molecule has 3 rings (SSSR count). The Labute approximate surface area is 174 Å². The molecule has 3 aromatic carbocycles. The Bertz CT molecular complexity index is 1100. The molecule has 0 saturated carbocycles. The molecule has 0 bridgehead atoms. The van der Waals surface area contributed by atoms with Crippen LogP contribution in [0.5, 0.6) is 17.2 Å². The van der Waals surface area contributed by atoms with Gasteiger partial charge < -0.3 is 19.4 Å². The van der Waals surface area contributed by atoms with Gasteiger partial charge in [-0.05, 0) is 48.4 Å². The molecule has 7 nitrogen and oxygen atoms in total. The number of sulfonamides is 1. The lowest BCUT2D eigenvalue weighted by molar-refractivity contribution is -0.307. The SMILES string of the molecule is COc1ccccc1Oc1ccc(S(=O)(=O)N[C@@H](Cc2ccccc2)C(=O)[O-])cc1. The van der Waals surface area contributed by atoms with E-state index in [-0.39, 0.29) is 11.3 Å². The van der Waals surface area contributed by atoms with Gasteiger partial charge in [0.2, 0.25) is 10.0 Å². The summed E-state index contributed by atoms with van der Waals surface area (Å²) in [5.41, 5.74) is 0.676. The summed E-state index contributed by atoms with van der Waals surface area (Å²) in [6, 6.07) is 20.0. The fourth-order valence-corrected chi connectivity index (χ4v) is 3.98. The van der Waals surface area contributed by atoms with Crippen molar-refractivity contribution in [1.29, 1.82) is 0 Å². The van der Waals surface area contributed by atoms with Crippen molar-refractivity contribution in [3.05, 3.63) is 84.4 Å². The number of nitrogens with one attached hydrogen (secondary N) is 1. The smallest absolute Gasteiger partial charge is 0.241 e. The van der Waals surface area contributed by atoms with Crippen LogP contribution in [-0.2, 0) is 21.2 Å². The lowest BCUT2D eigenvalue weighted by Crippen LogP contribution is -2.49. The first-order chi connectivity index (χ1) is 14.4. The number of para-hydroxylation sites is 2. The summed E-state index contributed by atoms with van der Waals surface area (Å²) in [5, 5.41) is 11.5. The van der Waals surface area contributed by atoms with Gasteiger partial charge in [-0.2, -0.15) is 0 Å². The summed E-state index contributed by atoms with van der Waals surface area (Å²) in [4.78, 5) is 11.4. The standard InChI is InChI=1S/C22H21NO6S/c1-28-20-9-5-6-10-21(20)29-17-11-13-18(14-12-17)30(26,27)23-19(22(24)25)15-16-7-3-2-4-8-16/h2-14,19,23H,15H2,1H3,(H,24,25)/p-1/t19-/m0/s1.